The van der Waals surface area contributed by atoms with Gasteiger partial charge in [-0.2, -0.15) is 0 Å². The van der Waals surface area contributed by atoms with Crippen molar-refractivity contribution < 1.29 is 28.5 Å². The highest BCUT2D eigenvalue weighted by Gasteiger charge is 2.69. The molecular formula is C22H36O6. The van der Waals surface area contributed by atoms with Gasteiger partial charge >= 0.3 is 11.9 Å². The van der Waals surface area contributed by atoms with Gasteiger partial charge in [-0.05, 0) is 47.0 Å². The topological polar surface area (TPSA) is 71.1 Å². The van der Waals surface area contributed by atoms with E-state index in [0.29, 0.717) is 6.42 Å². The molecule has 6 nitrogen and oxygen atoms in total. The van der Waals surface area contributed by atoms with Crippen molar-refractivity contribution >= 4 is 11.9 Å². The Kier molecular flexibility index (Phi) is 5.61. The van der Waals surface area contributed by atoms with Crippen LogP contribution >= 0.6 is 0 Å². The molecule has 2 saturated carbocycles. The minimum Gasteiger partial charge on any atom is -0.465 e. The molecule has 0 N–H and O–H groups in total. The van der Waals surface area contributed by atoms with Crippen molar-refractivity contribution in [3.05, 3.63) is 0 Å². The van der Waals surface area contributed by atoms with E-state index in [9.17, 15) is 9.59 Å². The van der Waals surface area contributed by atoms with Crippen LogP contribution in [0.5, 0.6) is 0 Å². The maximum atomic E-state index is 12.9. The van der Waals surface area contributed by atoms with Gasteiger partial charge in [-0.3, -0.25) is 9.59 Å². The van der Waals surface area contributed by atoms with Gasteiger partial charge in [-0.1, -0.05) is 26.7 Å². The fraction of sp³-hybridized carbons (Fsp3) is 0.909. The maximum Gasteiger partial charge on any atom is 0.323 e. The Balaban J connectivity index is 1.98. The first-order chi connectivity index (χ1) is 13.1. The summed E-state index contributed by atoms with van der Waals surface area (Å²) in [6.07, 6.45) is 4.83. The van der Waals surface area contributed by atoms with Crippen LogP contribution in [-0.4, -0.2) is 42.6 Å². The number of esters is 2. The van der Waals surface area contributed by atoms with Gasteiger partial charge in [0.05, 0.1) is 24.9 Å². The Bertz CT molecular complexity index is 611. The van der Waals surface area contributed by atoms with Crippen molar-refractivity contribution in [3.63, 3.8) is 0 Å². The summed E-state index contributed by atoms with van der Waals surface area (Å²) in [5, 5.41) is 0. The first-order valence-corrected chi connectivity index (χ1v) is 10.8. The maximum absolute atomic E-state index is 12.9. The van der Waals surface area contributed by atoms with E-state index in [2.05, 4.69) is 20.8 Å². The normalized spacial score (nSPS) is 38.6. The predicted molar refractivity (Wildman–Crippen MR) is 103 cm³/mol. The van der Waals surface area contributed by atoms with Crippen molar-refractivity contribution in [1.29, 1.82) is 0 Å². The fourth-order valence-electron chi connectivity index (χ4n) is 5.57. The highest BCUT2D eigenvalue weighted by molar-refractivity contribution is 6.00. The number of carbonyl (C=O) groups excluding carboxylic acids is 2. The first kappa shape index (κ1) is 21.6. The zero-order valence-electron chi connectivity index (χ0n) is 18.3. The van der Waals surface area contributed by atoms with Gasteiger partial charge in [-0.25, -0.2) is 0 Å². The molecule has 1 aliphatic heterocycles. The van der Waals surface area contributed by atoms with Crippen molar-refractivity contribution in [2.75, 3.05) is 13.2 Å². The highest BCUT2D eigenvalue weighted by Crippen LogP contribution is 2.61. The third-order valence-corrected chi connectivity index (χ3v) is 7.55. The number of hydrogen-bond donors (Lipinski definition) is 0. The molecule has 4 atom stereocenters. The summed E-state index contributed by atoms with van der Waals surface area (Å²) in [6.45, 7) is 12.4. The van der Waals surface area contributed by atoms with E-state index in [1.54, 1.807) is 13.8 Å². The molecule has 3 fully saturated rings. The van der Waals surface area contributed by atoms with Gasteiger partial charge < -0.3 is 18.9 Å². The largest absolute Gasteiger partial charge is 0.465 e. The van der Waals surface area contributed by atoms with Crippen LogP contribution in [0.1, 0.15) is 80.1 Å². The minimum absolute atomic E-state index is 0.0487. The fourth-order valence-corrected chi connectivity index (χ4v) is 5.57. The van der Waals surface area contributed by atoms with Gasteiger partial charge in [-0.15, -0.1) is 0 Å². The molecule has 0 amide bonds. The second-order valence-corrected chi connectivity index (χ2v) is 9.50. The van der Waals surface area contributed by atoms with Gasteiger partial charge in [0.15, 0.2) is 11.2 Å². The number of fused-ring (bicyclic) bond motifs is 1. The monoisotopic (exact) mass is 396 g/mol. The lowest BCUT2D eigenvalue weighted by Gasteiger charge is -2.60. The molecule has 0 bridgehead atoms. The molecule has 0 aromatic rings. The van der Waals surface area contributed by atoms with Crippen LogP contribution in [0, 0.1) is 16.7 Å². The van der Waals surface area contributed by atoms with Gasteiger partial charge in [0.25, 0.3) is 0 Å². The number of hydrogen-bond acceptors (Lipinski definition) is 6. The Morgan fingerprint density at radius 3 is 2.21 bits per heavy atom. The summed E-state index contributed by atoms with van der Waals surface area (Å²) < 4.78 is 24.0. The van der Waals surface area contributed by atoms with E-state index in [1.165, 1.54) is 6.42 Å². The SMILES string of the molecule is CCOC(=O)C1(C(=O)OCC)C[C@@H](C)[C@]2(C1)O[C@@H]1CCCC[C@@]1(C)C(C)(C)O2. The molecule has 160 valence electrons. The van der Waals surface area contributed by atoms with Gasteiger partial charge in [0.1, 0.15) is 0 Å². The Labute approximate surface area is 168 Å². The zero-order valence-corrected chi connectivity index (χ0v) is 18.3. The number of ether oxygens (including phenoxy) is 4. The van der Waals surface area contributed by atoms with Crippen molar-refractivity contribution in [1.82, 2.24) is 0 Å². The lowest BCUT2D eigenvalue weighted by Crippen LogP contribution is -2.65. The summed E-state index contributed by atoms with van der Waals surface area (Å²) in [6, 6.07) is 0. The molecular weight excluding hydrogens is 360 g/mol. The Morgan fingerprint density at radius 2 is 1.64 bits per heavy atom. The number of rotatable bonds is 4. The minimum atomic E-state index is -1.37. The summed E-state index contributed by atoms with van der Waals surface area (Å²) in [4.78, 5) is 25.9. The van der Waals surface area contributed by atoms with Crippen LogP contribution in [0.3, 0.4) is 0 Å². The Hall–Kier alpha value is -1.14. The van der Waals surface area contributed by atoms with Crippen molar-refractivity contribution in [2.45, 2.75) is 97.6 Å². The average Bonchev–Trinajstić information content (AvgIpc) is 2.89. The van der Waals surface area contributed by atoms with Crippen LogP contribution in [0.15, 0.2) is 0 Å². The van der Waals surface area contributed by atoms with Crippen molar-refractivity contribution in [3.8, 4) is 0 Å². The van der Waals surface area contributed by atoms with Crippen LogP contribution < -0.4 is 0 Å². The quantitative estimate of drug-likeness (QED) is 0.528. The smallest absolute Gasteiger partial charge is 0.323 e. The van der Waals surface area contributed by atoms with Crippen LogP contribution in [-0.2, 0) is 28.5 Å². The third-order valence-electron chi connectivity index (χ3n) is 7.55. The van der Waals surface area contributed by atoms with E-state index in [4.69, 9.17) is 18.9 Å². The zero-order chi connectivity index (χ0) is 20.8. The first-order valence-electron chi connectivity index (χ1n) is 10.8. The Morgan fingerprint density at radius 1 is 1.04 bits per heavy atom. The van der Waals surface area contributed by atoms with Gasteiger partial charge in [0.2, 0.25) is 0 Å². The predicted octanol–water partition coefficient (Wildman–Crippen LogP) is 4.00. The molecule has 0 aromatic heterocycles. The standard InChI is InChI=1S/C22H36O6/c1-7-25-17(23)21(18(24)26-8-2)13-15(3)22(14-21)27-16-11-9-10-12-20(16,6)19(4,5)28-22/h15-16H,7-14H2,1-6H3/t15-,16-,20-,22-/m1/s1. The molecule has 0 radical (unpaired) electrons. The van der Waals surface area contributed by atoms with E-state index in [0.717, 1.165) is 19.3 Å². The molecule has 6 heteroatoms. The summed E-state index contributed by atoms with van der Waals surface area (Å²) in [5.41, 5.74) is -1.89. The molecule has 3 rings (SSSR count). The number of carbonyl (C=O) groups is 2. The summed E-state index contributed by atoms with van der Waals surface area (Å²) in [7, 11) is 0. The van der Waals surface area contributed by atoms with Crippen LogP contribution in [0.25, 0.3) is 0 Å². The van der Waals surface area contributed by atoms with Crippen molar-refractivity contribution in [2.24, 2.45) is 16.7 Å². The third kappa shape index (κ3) is 3.07. The van der Waals surface area contributed by atoms with Crippen LogP contribution in [0.2, 0.25) is 0 Å². The molecule has 28 heavy (non-hydrogen) atoms. The molecule has 1 saturated heterocycles. The lowest BCUT2D eigenvalue weighted by molar-refractivity contribution is -0.403. The average molecular weight is 397 g/mol. The van der Waals surface area contributed by atoms with E-state index in [-0.39, 0.29) is 37.1 Å². The molecule has 1 spiro atoms. The molecule has 0 aromatic carbocycles. The van der Waals surface area contributed by atoms with E-state index in [1.807, 2.05) is 6.92 Å². The lowest BCUT2D eigenvalue weighted by atomic mass is 9.62. The molecule has 1 heterocycles. The summed E-state index contributed by atoms with van der Waals surface area (Å²) in [5.74, 6) is -2.17. The molecule has 2 aliphatic carbocycles. The van der Waals surface area contributed by atoms with E-state index >= 15 is 0 Å². The highest BCUT2D eigenvalue weighted by atomic mass is 16.7. The second kappa shape index (κ2) is 7.28. The molecule has 3 aliphatic rings. The summed E-state index contributed by atoms with van der Waals surface area (Å²) >= 11 is 0. The van der Waals surface area contributed by atoms with Crippen LogP contribution in [0.4, 0.5) is 0 Å². The van der Waals surface area contributed by atoms with E-state index < -0.39 is 28.7 Å². The molecule has 0 unspecified atom stereocenters. The second-order valence-electron chi connectivity index (χ2n) is 9.50. The van der Waals surface area contributed by atoms with Gasteiger partial charge in [0, 0.05) is 17.8 Å².